The van der Waals surface area contributed by atoms with Crippen LogP contribution >= 0.6 is 0 Å². The van der Waals surface area contributed by atoms with Crippen molar-refractivity contribution in [1.82, 2.24) is 9.97 Å². The Morgan fingerprint density at radius 1 is 1.33 bits per heavy atom. The molecule has 0 aromatic carbocycles. The van der Waals surface area contributed by atoms with Crippen molar-refractivity contribution in [2.45, 2.75) is 46.0 Å². The summed E-state index contributed by atoms with van der Waals surface area (Å²) in [4.78, 5) is 8.74. The van der Waals surface area contributed by atoms with Crippen molar-refractivity contribution < 1.29 is 4.74 Å². The highest BCUT2D eigenvalue weighted by Crippen LogP contribution is 2.40. The first-order valence-electron chi connectivity index (χ1n) is 6.81. The zero-order valence-electron chi connectivity index (χ0n) is 11.6. The Balaban J connectivity index is 2.03. The molecule has 4 heteroatoms. The summed E-state index contributed by atoms with van der Waals surface area (Å²) in [6.07, 6.45) is 6.57. The first kappa shape index (κ1) is 13.1. The molecule has 1 aliphatic carbocycles. The Labute approximate surface area is 109 Å². The average Bonchev–Trinajstić information content (AvgIpc) is 2.85. The Kier molecular flexibility index (Phi) is 4.04. The second-order valence-corrected chi connectivity index (χ2v) is 5.29. The summed E-state index contributed by atoms with van der Waals surface area (Å²) < 4.78 is 5.17. The van der Waals surface area contributed by atoms with Crippen LogP contribution in [0.4, 0.5) is 5.95 Å². The fraction of sp³-hybridized carbons (Fsp3) is 0.714. The van der Waals surface area contributed by atoms with Crippen molar-refractivity contribution in [3.63, 3.8) is 0 Å². The number of nitrogens with zero attached hydrogens (tertiary/aromatic N) is 2. The van der Waals surface area contributed by atoms with E-state index in [1.807, 2.05) is 13.0 Å². The van der Waals surface area contributed by atoms with E-state index in [-0.39, 0.29) is 0 Å². The number of rotatable bonds is 5. The maximum absolute atomic E-state index is 5.17. The lowest BCUT2D eigenvalue weighted by Gasteiger charge is -2.27. The van der Waals surface area contributed by atoms with E-state index in [1.54, 1.807) is 7.11 Å². The molecule has 0 aliphatic heterocycles. The second kappa shape index (κ2) is 5.55. The lowest BCUT2D eigenvalue weighted by Crippen LogP contribution is -2.26. The van der Waals surface area contributed by atoms with E-state index in [4.69, 9.17) is 4.74 Å². The van der Waals surface area contributed by atoms with E-state index in [0.29, 0.717) is 17.2 Å². The van der Waals surface area contributed by atoms with Crippen LogP contribution in [0.2, 0.25) is 0 Å². The van der Waals surface area contributed by atoms with E-state index in [0.717, 1.165) is 12.2 Å². The van der Waals surface area contributed by atoms with Crippen LogP contribution in [0.25, 0.3) is 0 Å². The van der Waals surface area contributed by atoms with Crippen LogP contribution in [0.15, 0.2) is 6.07 Å². The normalized spacial score (nSPS) is 17.7. The number of nitrogens with one attached hydrogen (secondary N) is 1. The third-order valence-corrected chi connectivity index (χ3v) is 4.08. The minimum Gasteiger partial charge on any atom is -0.481 e. The Bertz CT molecular complexity index is 400. The van der Waals surface area contributed by atoms with Gasteiger partial charge in [-0.15, -0.1) is 0 Å². The Hall–Kier alpha value is -1.32. The van der Waals surface area contributed by atoms with Gasteiger partial charge >= 0.3 is 0 Å². The molecule has 0 spiro atoms. The first-order chi connectivity index (χ1) is 8.67. The standard InChI is InChI=1S/C14H23N3O/c1-4-14(7-5-6-8-14)10-15-13-16-11(2)9-12(17-13)18-3/h9H,4-8,10H2,1-3H3,(H,15,16,17). The molecule has 0 atom stereocenters. The minimum atomic E-state index is 0.445. The topological polar surface area (TPSA) is 47.0 Å². The van der Waals surface area contributed by atoms with Gasteiger partial charge in [0.15, 0.2) is 0 Å². The van der Waals surface area contributed by atoms with E-state index >= 15 is 0 Å². The molecule has 100 valence electrons. The van der Waals surface area contributed by atoms with E-state index in [2.05, 4.69) is 22.2 Å². The molecule has 1 aromatic heterocycles. The fourth-order valence-corrected chi connectivity index (χ4v) is 2.77. The van der Waals surface area contributed by atoms with Gasteiger partial charge in [-0.2, -0.15) is 4.98 Å². The number of ether oxygens (including phenoxy) is 1. The molecule has 1 heterocycles. The molecule has 0 amide bonds. The van der Waals surface area contributed by atoms with Gasteiger partial charge in [0.25, 0.3) is 0 Å². The van der Waals surface area contributed by atoms with Crippen molar-refractivity contribution in [1.29, 1.82) is 0 Å². The van der Waals surface area contributed by atoms with Gasteiger partial charge in [0, 0.05) is 18.3 Å². The molecule has 0 unspecified atom stereocenters. The van der Waals surface area contributed by atoms with Gasteiger partial charge in [0.2, 0.25) is 11.8 Å². The van der Waals surface area contributed by atoms with E-state index in [9.17, 15) is 0 Å². The van der Waals surface area contributed by atoms with Crippen molar-refractivity contribution in [2.75, 3.05) is 19.0 Å². The number of aryl methyl sites for hydroxylation is 1. The molecule has 1 fully saturated rings. The number of methoxy groups -OCH3 is 1. The monoisotopic (exact) mass is 249 g/mol. The lowest BCUT2D eigenvalue weighted by molar-refractivity contribution is 0.306. The van der Waals surface area contributed by atoms with Crippen LogP contribution < -0.4 is 10.1 Å². The van der Waals surface area contributed by atoms with Gasteiger partial charge in [-0.3, -0.25) is 0 Å². The van der Waals surface area contributed by atoms with Crippen molar-refractivity contribution in [3.8, 4) is 5.88 Å². The molecule has 2 rings (SSSR count). The van der Waals surface area contributed by atoms with E-state index < -0.39 is 0 Å². The predicted molar refractivity (Wildman–Crippen MR) is 73.0 cm³/mol. The Morgan fingerprint density at radius 2 is 2.06 bits per heavy atom. The summed E-state index contributed by atoms with van der Waals surface area (Å²) in [6, 6.07) is 1.84. The number of hydrogen-bond donors (Lipinski definition) is 1. The van der Waals surface area contributed by atoms with Gasteiger partial charge in [-0.05, 0) is 31.6 Å². The van der Waals surface area contributed by atoms with Crippen LogP contribution in [-0.2, 0) is 0 Å². The minimum absolute atomic E-state index is 0.445. The molecular weight excluding hydrogens is 226 g/mol. The van der Waals surface area contributed by atoms with Crippen LogP contribution in [0.1, 0.15) is 44.7 Å². The second-order valence-electron chi connectivity index (χ2n) is 5.29. The van der Waals surface area contributed by atoms with Crippen LogP contribution in [0, 0.1) is 12.3 Å². The van der Waals surface area contributed by atoms with Crippen LogP contribution in [-0.4, -0.2) is 23.6 Å². The number of aromatic nitrogens is 2. The van der Waals surface area contributed by atoms with E-state index in [1.165, 1.54) is 32.1 Å². The zero-order valence-corrected chi connectivity index (χ0v) is 11.6. The van der Waals surface area contributed by atoms with Crippen molar-refractivity contribution in [2.24, 2.45) is 5.41 Å². The predicted octanol–water partition coefficient (Wildman–Crippen LogP) is 3.18. The van der Waals surface area contributed by atoms with Crippen LogP contribution in [0.5, 0.6) is 5.88 Å². The molecule has 0 saturated heterocycles. The summed E-state index contributed by atoms with van der Waals surface area (Å²) in [5, 5.41) is 3.39. The average molecular weight is 249 g/mol. The number of anilines is 1. The molecule has 0 bridgehead atoms. The summed E-state index contributed by atoms with van der Waals surface area (Å²) in [5.41, 5.74) is 1.38. The largest absolute Gasteiger partial charge is 0.481 e. The molecule has 1 N–H and O–H groups in total. The fourth-order valence-electron chi connectivity index (χ4n) is 2.77. The summed E-state index contributed by atoms with van der Waals surface area (Å²) >= 11 is 0. The summed E-state index contributed by atoms with van der Waals surface area (Å²) in [5.74, 6) is 1.31. The highest BCUT2D eigenvalue weighted by molar-refractivity contribution is 5.31. The quantitative estimate of drug-likeness (QED) is 0.870. The molecule has 1 aromatic rings. The first-order valence-corrected chi connectivity index (χ1v) is 6.81. The zero-order chi connectivity index (χ0) is 13.0. The third kappa shape index (κ3) is 2.92. The number of hydrogen-bond acceptors (Lipinski definition) is 4. The maximum Gasteiger partial charge on any atom is 0.226 e. The van der Waals surface area contributed by atoms with Gasteiger partial charge in [-0.25, -0.2) is 4.98 Å². The molecule has 0 radical (unpaired) electrons. The highest BCUT2D eigenvalue weighted by Gasteiger charge is 2.31. The van der Waals surface area contributed by atoms with Gasteiger partial charge in [0.05, 0.1) is 7.11 Å². The molecular formula is C14H23N3O. The Morgan fingerprint density at radius 3 is 2.67 bits per heavy atom. The summed E-state index contributed by atoms with van der Waals surface area (Å²) in [6.45, 7) is 5.21. The summed E-state index contributed by atoms with van der Waals surface area (Å²) in [7, 11) is 1.63. The van der Waals surface area contributed by atoms with Gasteiger partial charge in [-0.1, -0.05) is 19.8 Å². The molecule has 1 aliphatic rings. The lowest BCUT2D eigenvalue weighted by atomic mass is 9.83. The SMILES string of the molecule is CCC1(CNc2nc(C)cc(OC)n2)CCCC1. The van der Waals surface area contributed by atoms with Gasteiger partial charge < -0.3 is 10.1 Å². The molecule has 4 nitrogen and oxygen atoms in total. The molecule has 18 heavy (non-hydrogen) atoms. The smallest absolute Gasteiger partial charge is 0.226 e. The highest BCUT2D eigenvalue weighted by atomic mass is 16.5. The van der Waals surface area contributed by atoms with Crippen LogP contribution in [0.3, 0.4) is 0 Å². The van der Waals surface area contributed by atoms with Gasteiger partial charge in [0.1, 0.15) is 0 Å². The maximum atomic E-state index is 5.17. The van der Waals surface area contributed by atoms with Crippen molar-refractivity contribution >= 4 is 5.95 Å². The molecule has 1 saturated carbocycles. The van der Waals surface area contributed by atoms with Crippen molar-refractivity contribution in [3.05, 3.63) is 11.8 Å². The third-order valence-electron chi connectivity index (χ3n) is 4.08.